The molecule has 2 aliphatic rings. The van der Waals surface area contributed by atoms with Gasteiger partial charge < -0.3 is 10.6 Å². The molecule has 4 aromatic rings. The lowest BCUT2D eigenvalue weighted by atomic mass is 9.88. The van der Waals surface area contributed by atoms with Crippen LogP contribution in [0, 0.1) is 6.92 Å². The van der Waals surface area contributed by atoms with E-state index >= 15 is 0 Å². The van der Waals surface area contributed by atoms with Gasteiger partial charge >= 0.3 is 0 Å². The molecule has 0 aliphatic carbocycles. The zero-order valence-corrected chi connectivity index (χ0v) is 25.6. The molecular formula is C36H36N4O3S. The molecule has 0 fully saturated rings. The predicted molar refractivity (Wildman–Crippen MR) is 177 cm³/mol. The van der Waals surface area contributed by atoms with Crippen molar-refractivity contribution >= 4 is 27.5 Å². The molecule has 8 heteroatoms. The molecule has 0 bridgehead atoms. The van der Waals surface area contributed by atoms with Gasteiger partial charge in [0.2, 0.25) is 15.9 Å². The van der Waals surface area contributed by atoms with Crippen LogP contribution in [0.3, 0.4) is 0 Å². The third-order valence-corrected chi connectivity index (χ3v) is 10.4. The predicted octanol–water partition coefficient (Wildman–Crippen LogP) is 5.88. The summed E-state index contributed by atoms with van der Waals surface area (Å²) in [6.45, 7) is 7.96. The third-order valence-electron chi connectivity index (χ3n) is 8.27. The zero-order chi connectivity index (χ0) is 30.7. The number of sulfonamides is 1. The first-order valence-electron chi connectivity index (χ1n) is 14.9. The van der Waals surface area contributed by atoms with Crippen LogP contribution in [0.4, 0.5) is 5.69 Å². The standard InChI is InChI=1S/C36H36N4O3S/c1-3-34(27-16-12-25(2)13-17-27)44(42,43)40-32-11-7-6-9-30(32)29-8-4-5-10-31(29)33(40)24-35(41)37-21-20-26-14-18-28(19-15-26)36-38-22-23-39-36/h3-19,33-34H,1,20-24H2,2H3,(H,37,41)(H,38,39). The number of benzene rings is 4. The van der Waals surface area contributed by atoms with Crippen molar-refractivity contribution in [2.24, 2.45) is 4.99 Å². The van der Waals surface area contributed by atoms with Crippen LogP contribution in [-0.4, -0.2) is 39.8 Å². The second-order valence-corrected chi connectivity index (χ2v) is 13.1. The Balaban J connectivity index is 1.26. The fourth-order valence-corrected chi connectivity index (χ4v) is 8.02. The minimum Gasteiger partial charge on any atom is -0.368 e. The fraction of sp³-hybridized carbons (Fsp3) is 0.222. The van der Waals surface area contributed by atoms with Crippen LogP contribution in [0.5, 0.6) is 0 Å². The molecule has 2 heterocycles. The van der Waals surface area contributed by atoms with Crippen molar-refractivity contribution in [2.45, 2.75) is 31.1 Å². The van der Waals surface area contributed by atoms with E-state index in [1.165, 1.54) is 10.4 Å². The number of carbonyl (C=O) groups is 1. The molecule has 4 aromatic carbocycles. The van der Waals surface area contributed by atoms with Gasteiger partial charge in [0, 0.05) is 24.2 Å². The van der Waals surface area contributed by atoms with Crippen molar-refractivity contribution in [1.29, 1.82) is 0 Å². The summed E-state index contributed by atoms with van der Waals surface area (Å²) < 4.78 is 30.7. The van der Waals surface area contributed by atoms with Crippen molar-refractivity contribution in [3.05, 3.63) is 138 Å². The maximum Gasteiger partial charge on any atom is 0.246 e. The molecule has 0 spiro atoms. The van der Waals surface area contributed by atoms with Crippen LogP contribution in [0.15, 0.2) is 115 Å². The Morgan fingerprint density at radius 2 is 1.70 bits per heavy atom. The van der Waals surface area contributed by atoms with Crippen LogP contribution in [-0.2, 0) is 21.2 Å². The van der Waals surface area contributed by atoms with Gasteiger partial charge in [-0.05, 0) is 41.7 Å². The van der Waals surface area contributed by atoms with E-state index in [0.29, 0.717) is 24.2 Å². The number of para-hydroxylation sites is 1. The van der Waals surface area contributed by atoms with Gasteiger partial charge in [-0.25, -0.2) is 8.42 Å². The quantitative estimate of drug-likeness (QED) is 0.221. The van der Waals surface area contributed by atoms with Crippen molar-refractivity contribution in [1.82, 2.24) is 10.6 Å². The maximum atomic E-state index is 14.6. The summed E-state index contributed by atoms with van der Waals surface area (Å²) in [5.74, 6) is 0.704. The highest BCUT2D eigenvalue weighted by Gasteiger charge is 2.42. The molecule has 0 saturated carbocycles. The summed E-state index contributed by atoms with van der Waals surface area (Å²) in [5.41, 5.74) is 6.93. The maximum absolute atomic E-state index is 14.6. The molecule has 2 atom stereocenters. The number of anilines is 1. The largest absolute Gasteiger partial charge is 0.368 e. The van der Waals surface area contributed by atoms with Crippen molar-refractivity contribution in [3.8, 4) is 11.1 Å². The molecule has 6 rings (SSSR count). The van der Waals surface area contributed by atoms with E-state index in [1.807, 2.05) is 104 Å². The number of nitrogens with zero attached hydrogens (tertiary/aromatic N) is 2. The van der Waals surface area contributed by atoms with Crippen LogP contribution >= 0.6 is 0 Å². The molecular weight excluding hydrogens is 568 g/mol. The molecule has 1 amide bonds. The molecule has 0 saturated heterocycles. The molecule has 2 N–H and O–H groups in total. The van der Waals surface area contributed by atoms with E-state index in [0.717, 1.165) is 52.3 Å². The second-order valence-electron chi connectivity index (χ2n) is 11.2. The average molecular weight is 605 g/mol. The minimum atomic E-state index is -4.05. The summed E-state index contributed by atoms with van der Waals surface area (Å²) >= 11 is 0. The Bertz CT molecular complexity index is 1820. The molecule has 224 valence electrons. The SMILES string of the molecule is C=CC(c1ccc(C)cc1)S(=O)(=O)N1c2ccccc2-c2ccccc2C1CC(=O)NCCc1ccc(C2=NCCN2)cc1. The number of aliphatic imine (C=N–C) groups is 1. The van der Waals surface area contributed by atoms with Gasteiger partial charge in [-0.3, -0.25) is 14.1 Å². The lowest BCUT2D eigenvalue weighted by Crippen LogP contribution is -2.42. The number of carbonyl (C=O) groups excluding carboxylic acids is 1. The van der Waals surface area contributed by atoms with Crippen LogP contribution in [0.1, 0.15) is 45.5 Å². The molecule has 2 aliphatic heterocycles. The Morgan fingerprint density at radius 1 is 1.00 bits per heavy atom. The van der Waals surface area contributed by atoms with Crippen LogP contribution < -0.4 is 14.9 Å². The van der Waals surface area contributed by atoms with Gasteiger partial charge in [0.25, 0.3) is 0 Å². The lowest BCUT2D eigenvalue weighted by Gasteiger charge is -2.40. The number of hydrogen-bond donors (Lipinski definition) is 2. The van der Waals surface area contributed by atoms with E-state index in [9.17, 15) is 13.2 Å². The number of fused-ring (bicyclic) bond motifs is 3. The Labute approximate surface area is 259 Å². The summed E-state index contributed by atoms with van der Waals surface area (Å²) in [7, 11) is -4.05. The molecule has 44 heavy (non-hydrogen) atoms. The summed E-state index contributed by atoms with van der Waals surface area (Å²) in [6.07, 6.45) is 2.11. The highest BCUT2D eigenvalue weighted by atomic mass is 32.2. The second kappa shape index (κ2) is 12.5. The Hall–Kier alpha value is -4.69. The van der Waals surface area contributed by atoms with Gasteiger partial charge in [-0.15, -0.1) is 6.58 Å². The average Bonchev–Trinajstić information content (AvgIpc) is 3.58. The Kier molecular flexibility index (Phi) is 8.35. The number of hydrogen-bond acceptors (Lipinski definition) is 5. The molecule has 2 unspecified atom stereocenters. The first kappa shape index (κ1) is 29.4. The number of rotatable bonds is 10. The molecule has 0 radical (unpaired) electrons. The third kappa shape index (κ3) is 5.77. The number of nitrogens with one attached hydrogen (secondary N) is 2. The highest BCUT2D eigenvalue weighted by Crippen LogP contribution is 2.49. The summed E-state index contributed by atoms with van der Waals surface area (Å²) in [5, 5.41) is 5.33. The van der Waals surface area contributed by atoms with E-state index in [1.54, 1.807) is 0 Å². The topological polar surface area (TPSA) is 90.9 Å². The number of amides is 1. The normalized spacial score (nSPS) is 16.2. The molecule has 0 aromatic heterocycles. The zero-order valence-electron chi connectivity index (χ0n) is 24.7. The van der Waals surface area contributed by atoms with E-state index in [2.05, 4.69) is 22.2 Å². The summed E-state index contributed by atoms with van der Waals surface area (Å²) in [4.78, 5) is 18.0. The highest BCUT2D eigenvalue weighted by molar-refractivity contribution is 7.93. The lowest BCUT2D eigenvalue weighted by molar-refractivity contribution is -0.121. The first-order chi connectivity index (χ1) is 21.4. The van der Waals surface area contributed by atoms with Gasteiger partial charge in [-0.2, -0.15) is 0 Å². The van der Waals surface area contributed by atoms with Gasteiger partial charge in [0.1, 0.15) is 11.1 Å². The number of aryl methyl sites for hydroxylation is 1. The van der Waals surface area contributed by atoms with Crippen LogP contribution in [0.25, 0.3) is 11.1 Å². The van der Waals surface area contributed by atoms with Crippen molar-refractivity contribution < 1.29 is 13.2 Å². The van der Waals surface area contributed by atoms with Gasteiger partial charge in [-0.1, -0.05) is 103 Å². The number of amidine groups is 1. The Morgan fingerprint density at radius 3 is 2.41 bits per heavy atom. The van der Waals surface area contributed by atoms with Gasteiger partial charge in [0.15, 0.2) is 0 Å². The van der Waals surface area contributed by atoms with Crippen molar-refractivity contribution in [2.75, 3.05) is 23.9 Å². The summed E-state index contributed by atoms with van der Waals surface area (Å²) in [6, 6.07) is 30.2. The van der Waals surface area contributed by atoms with E-state index < -0.39 is 21.3 Å². The minimum absolute atomic E-state index is 0.0211. The monoisotopic (exact) mass is 604 g/mol. The van der Waals surface area contributed by atoms with E-state index in [4.69, 9.17) is 0 Å². The first-order valence-corrected chi connectivity index (χ1v) is 16.4. The smallest absolute Gasteiger partial charge is 0.246 e. The van der Waals surface area contributed by atoms with Crippen molar-refractivity contribution in [3.63, 3.8) is 0 Å². The van der Waals surface area contributed by atoms with Crippen LogP contribution in [0.2, 0.25) is 0 Å². The van der Waals surface area contributed by atoms with E-state index in [-0.39, 0.29) is 12.3 Å². The molecule has 7 nitrogen and oxygen atoms in total. The fourth-order valence-electron chi connectivity index (χ4n) is 6.05. The van der Waals surface area contributed by atoms with Gasteiger partial charge in [0.05, 0.1) is 24.7 Å².